The summed E-state index contributed by atoms with van der Waals surface area (Å²) in [5.41, 5.74) is 0. The molecule has 0 aliphatic heterocycles. The van der Waals surface area contributed by atoms with Gasteiger partial charge in [-0.25, -0.2) is 8.78 Å². The van der Waals surface area contributed by atoms with Crippen molar-refractivity contribution in [1.82, 2.24) is 0 Å². The largest absolute Gasteiger partial charge is 0.300 e. The molecule has 0 heterocycles. The van der Waals surface area contributed by atoms with Crippen molar-refractivity contribution in [2.45, 2.75) is 24.7 Å². The minimum Gasteiger partial charge on any atom is -0.300 e. The Morgan fingerprint density at radius 2 is 2.06 bits per heavy atom. The monoisotopic (exact) mass is 246 g/mol. The first-order valence-corrected chi connectivity index (χ1v) is 6.15. The van der Waals surface area contributed by atoms with E-state index < -0.39 is 22.4 Å². The summed E-state index contributed by atoms with van der Waals surface area (Å²) in [6.45, 7) is 1.45. The molecule has 1 aromatic carbocycles. The van der Waals surface area contributed by atoms with E-state index in [0.717, 1.165) is 6.07 Å². The van der Waals surface area contributed by atoms with Crippen molar-refractivity contribution in [3.05, 3.63) is 29.8 Å². The maximum Gasteiger partial charge on any atom is 0.142 e. The predicted molar refractivity (Wildman–Crippen MR) is 57.5 cm³/mol. The molecule has 0 amide bonds. The van der Waals surface area contributed by atoms with Crippen LogP contribution in [0.15, 0.2) is 23.1 Å². The molecule has 2 nitrogen and oxygen atoms in total. The fourth-order valence-corrected chi connectivity index (χ4v) is 2.34. The van der Waals surface area contributed by atoms with E-state index >= 15 is 0 Å². The Kier molecular flexibility index (Phi) is 4.73. The fraction of sp³-hybridized carbons (Fsp3) is 0.364. The molecule has 0 fully saturated rings. The van der Waals surface area contributed by atoms with Crippen LogP contribution in [-0.2, 0) is 15.6 Å². The lowest BCUT2D eigenvalue weighted by Gasteiger charge is -2.02. The van der Waals surface area contributed by atoms with Gasteiger partial charge in [-0.05, 0) is 25.5 Å². The number of Topliss-reactive ketones (excluding diaryl/α,β-unsaturated/α-hetero) is 1. The zero-order chi connectivity index (χ0) is 12.1. The molecule has 88 valence electrons. The summed E-state index contributed by atoms with van der Waals surface area (Å²) in [7, 11) is -1.51. The molecule has 0 saturated carbocycles. The molecule has 0 aliphatic carbocycles. The van der Waals surface area contributed by atoms with Gasteiger partial charge in [-0.1, -0.05) is 0 Å². The van der Waals surface area contributed by atoms with Gasteiger partial charge in [0.25, 0.3) is 0 Å². The van der Waals surface area contributed by atoms with Gasteiger partial charge in [-0.15, -0.1) is 0 Å². The maximum atomic E-state index is 13.2. The molecule has 1 atom stereocenters. The van der Waals surface area contributed by atoms with Crippen molar-refractivity contribution in [1.29, 1.82) is 0 Å². The smallest absolute Gasteiger partial charge is 0.142 e. The number of ketones is 1. The van der Waals surface area contributed by atoms with Crippen LogP contribution >= 0.6 is 0 Å². The minimum atomic E-state index is -1.51. The molecule has 1 aromatic rings. The number of carbonyl (C=O) groups excluding carboxylic acids is 1. The van der Waals surface area contributed by atoms with E-state index in [-0.39, 0.29) is 16.4 Å². The van der Waals surface area contributed by atoms with Crippen LogP contribution in [0.4, 0.5) is 8.78 Å². The summed E-state index contributed by atoms with van der Waals surface area (Å²) < 4.78 is 37.4. The second-order valence-corrected chi connectivity index (χ2v) is 4.97. The van der Waals surface area contributed by atoms with Crippen LogP contribution < -0.4 is 0 Å². The van der Waals surface area contributed by atoms with E-state index in [1.165, 1.54) is 13.0 Å². The third-order valence-corrected chi connectivity index (χ3v) is 3.48. The first-order chi connectivity index (χ1) is 7.50. The summed E-state index contributed by atoms with van der Waals surface area (Å²) in [5, 5.41) is 0. The van der Waals surface area contributed by atoms with Crippen LogP contribution in [0, 0.1) is 11.6 Å². The number of benzene rings is 1. The van der Waals surface area contributed by atoms with Crippen molar-refractivity contribution in [3.63, 3.8) is 0 Å². The van der Waals surface area contributed by atoms with Gasteiger partial charge in [-0.3, -0.25) is 4.21 Å². The van der Waals surface area contributed by atoms with Crippen LogP contribution in [-0.4, -0.2) is 15.7 Å². The van der Waals surface area contributed by atoms with Crippen molar-refractivity contribution >= 4 is 16.6 Å². The Hall–Kier alpha value is -1.10. The van der Waals surface area contributed by atoms with Crippen molar-refractivity contribution < 1.29 is 17.8 Å². The first kappa shape index (κ1) is 13.0. The van der Waals surface area contributed by atoms with Crippen LogP contribution in [0.1, 0.15) is 19.8 Å². The average molecular weight is 246 g/mol. The zero-order valence-corrected chi connectivity index (χ0v) is 9.65. The highest BCUT2D eigenvalue weighted by Gasteiger charge is 2.10. The Morgan fingerprint density at radius 1 is 1.38 bits per heavy atom. The second kappa shape index (κ2) is 5.84. The summed E-state index contributed by atoms with van der Waals surface area (Å²) in [6.07, 6.45) is 0.771. The predicted octanol–water partition coefficient (Wildman–Crippen LogP) is 2.44. The van der Waals surface area contributed by atoms with Gasteiger partial charge < -0.3 is 4.79 Å². The van der Waals surface area contributed by atoms with Gasteiger partial charge in [0.2, 0.25) is 0 Å². The molecule has 0 radical (unpaired) electrons. The molecule has 0 aromatic heterocycles. The Bertz CT molecular complexity index is 418. The van der Waals surface area contributed by atoms with E-state index in [2.05, 4.69) is 0 Å². The second-order valence-electron chi connectivity index (χ2n) is 3.43. The van der Waals surface area contributed by atoms with Crippen LogP contribution in [0.5, 0.6) is 0 Å². The molecule has 0 spiro atoms. The third-order valence-electron chi connectivity index (χ3n) is 2.00. The first-order valence-electron chi connectivity index (χ1n) is 4.83. The van der Waals surface area contributed by atoms with Crippen LogP contribution in [0.25, 0.3) is 0 Å². The molecular formula is C11H12F2O2S. The molecule has 1 unspecified atom stereocenters. The van der Waals surface area contributed by atoms with E-state index in [1.54, 1.807) is 0 Å². The lowest BCUT2D eigenvalue weighted by atomic mass is 10.3. The number of rotatable bonds is 5. The minimum absolute atomic E-state index is 0.00930. The lowest BCUT2D eigenvalue weighted by Crippen LogP contribution is -2.03. The molecule has 0 bridgehead atoms. The number of halogens is 2. The zero-order valence-electron chi connectivity index (χ0n) is 8.83. The third kappa shape index (κ3) is 3.81. The van der Waals surface area contributed by atoms with Crippen molar-refractivity contribution in [2.75, 3.05) is 5.75 Å². The SMILES string of the molecule is CC(=O)CCCS(=O)c1ccc(F)cc1F. The van der Waals surface area contributed by atoms with Gasteiger partial charge in [0, 0.05) is 18.2 Å². The van der Waals surface area contributed by atoms with Crippen molar-refractivity contribution in [3.8, 4) is 0 Å². The topological polar surface area (TPSA) is 34.1 Å². The highest BCUT2D eigenvalue weighted by atomic mass is 32.2. The molecule has 0 saturated heterocycles. The molecule has 0 N–H and O–H groups in total. The highest BCUT2D eigenvalue weighted by Crippen LogP contribution is 2.14. The number of carbonyl (C=O) groups is 1. The quantitative estimate of drug-likeness (QED) is 0.799. The van der Waals surface area contributed by atoms with Gasteiger partial charge in [-0.2, -0.15) is 0 Å². The van der Waals surface area contributed by atoms with Gasteiger partial charge in [0.1, 0.15) is 17.4 Å². The summed E-state index contributed by atoms with van der Waals surface area (Å²) in [6, 6.07) is 2.95. The Morgan fingerprint density at radius 3 is 2.62 bits per heavy atom. The van der Waals surface area contributed by atoms with Crippen molar-refractivity contribution in [2.24, 2.45) is 0 Å². The van der Waals surface area contributed by atoms with Gasteiger partial charge in [0.15, 0.2) is 0 Å². The average Bonchev–Trinajstić information content (AvgIpc) is 2.16. The fourth-order valence-electron chi connectivity index (χ4n) is 1.22. The van der Waals surface area contributed by atoms with E-state index in [9.17, 15) is 17.8 Å². The van der Waals surface area contributed by atoms with E-state index in [0.29, 0.717) is 18.9 Å². The normalized spacial score (nSPS) is 12.4. The van der Waals surface area contributed by atoms with Crippen LogP contribution in [0.2, 0.25) is 0 Å². The Labute approximate surface area is 95.1 Å². The van der Waals surface area contributed by atoms with Gasteiger partial charge >= 0.3 is 0 Å². The van der Waals surface area contributed by atoms with E-state index in [1.807, 2.05) is 0 Å². The summed E-state index contributed by atoms with van der Waals surface area (Å²) in [5.74, 6) is -1.28. The number of hydrogen-bond acceptors (Lipinski definition) is 2. The molecule has 0 aliphatic rings. The molecular weight excluding hydrogens is 234 g/mol. The summed E-state index contributed by atoms with van der Waals surface area (Å²) >= 11 is 0. The standard InChI is InChI=1S/C11H12F2O2S/c1-8(14)3-2-6-16(15)11-5-4-9(12)7-10(11)13/h4-5,7H,2-3,6H2,1H3. The Balaban J connectivity index is 2.63. The van der Waals surface area contributed by atoms with E-state index in [4.69, 9.17) is 0 Å². The number of hydrogen-bond donors (Lipinski definition) is 0. The molecule has 1 rings (SSSR count). The molecule has 16 heavy (non-hydrogen) atoms. The highest BCUT2D eigenvalue weighted by molar-refractivity contribution is 7.85. The summed E-state index contributed by atoms with van der Waals surface area (Å²) in [4.78, 5) is 10.6. The molecule has 5 heteroatoms. The lowest BCUT2D eigenvalue weighted by molar-refractivity contribution is -0.117. The van der Waals surface area contributed by atoms with Crippen LogP contribution in [0.3, 0.4) is 0 Å². The maximum absolute atomic E-state index is 13.2. The van der Waals surface area contributed by atoms with Gasteiger partial charge in [0.05, 0.1) is 15.7 Å².